The average molecular weight is 200 g/mol. The molecule has 1 rings (SSSR count). The lowest BCUT2D eigenvalue weighted by Crippen LogP contribution is -2.43. The van der Waals surface area contributed by atoms with Gasteiger partial charge in [0.2, 0.25) is 0 Å². The molecule has 1 fully saturated rings. The number of hydrogen-bond acceptors (Lipinski definition) is 1. The summed E-state index contributed by atoms with van der Waals surface area (Å²) in [7, 11) is -1.12. The number of rotatable bonds is 5. The molecule has 0 unspecified atom stereocenters. The van der Waals surface area contributed by atoms with Gasteiger partial charge in [0.15, 0.2) is 0 Å². The van der Waals surface area contributed by atoms with Crippen molar-refractivity contribution >= 4 is 8.07 Å². The topological polar surface area (TPSA) is 12.5 Å². The normalized spacial score (nSPS) is 33.5. The molecule has 78 valence electrons. The van der Waals surface area contributed by atoms with Crippen LogP contribution in [0.4, 0.5) is 0 Å². The number of hydrogen-bond donors (Lipinski definition) is 0. The monoisotopic (exact) mass is 200 g/mol. The molecule has 0 radical (unpaired) electrons. The Morgan fingerprint density at radius 2 is 1.77 bits per heavy atom. The van der Waals surface area contributed by atoms with Gasteiger partial charge < -0.3 is 4.74 Å². The third-order valence-corrected chi connectivity index (χ3v) is 6.49. The van der Waals surface area contributed by atoms with Crippen LogP contribution in [0.3, 0.4) is 0 Å². The summed E-state index contributed by atoms with van der Waals surface area (Å²) < 4.78 is 6.01. The fraction of sp³-hybridized carbons (Fsp3) is 1.00. The van der Waals surface area contributed by atoms with Crippen LogP contribution < -0.4 is 0 Å². The summed E-state index contributed by atoms with van der Waals surface area (Å²) in [5, 5.41) is 0.345. The Bertz CT molecular complexity index is 173. The quantitative estimate of drug-likeness (QED) is 0.488. The summed E-state index contributed by atoms with van der Waals surface area (Å²) in [6.07, 6.45) is 5.69. The average Bonchev–Trinajstić information content (AvgIpc) is 2.64. The van der Waals surface area contributed by atoms with Crippen molar-refractivity contribution in [1.29, 1.82) is 0 Å². The first-order valence-corrected chi connectivity index (χ1v) is 9.15. The molecule has 2 atom stereocenters. The first-order valence-electron chi connectivity index (χ1n) is 5.65. The van der Waals surface area contributed by atoms with Crippen molar-refractivity contribution in [2.24, 2.45) is 0 Å². The summed E-state index contributed by atoms with van der Waals surface area (Å²) in [5.74, 6) is 0. The second-order valence-electron chi connectivity index (χ2n) is 5.28. The molecule has 1 aliphatic heterocycles. The molecule has 2 heteroatoms. The van der Waals surface area contributed by atoms with Crippen molar-refractivity contribution in [2.75, 3.05) is 0 Å². The summed E-state index contributed by atoms with van der Waals surface area (Å²) in [6.45, 7) is 11.9. The molecule has 1 saturated heterocycles. The molecule has 0 aliphatic carbocycles. The maximum Gasteiger partial charge on any atom is 0.0858 e. The molecule has 1 heterocycles. The molecule has 0 aromatic heterocycles. The Balaban J connectivity index is 2.60. The molecule has 0 aromatic rings. The molecule has 0 saturated carbocycles. The first kappa shape index (κ1) is 11.3. The smallest absolute Gasteiger partial charge is 0.0858 e. The van der Waals surface area contributed by atoms with E-state index in [-0.39, 0.29) is 0 Å². The van der Waals surface area contributed by atoms with E-state index in [9.17, 15) is 0 Å². The summed E-state index contributed by atoms with van der Waals surface area (Å²) >= 11 is 0. The lowest BCUT2D eigenvalue weighted by molar-refractivity contribution is 0.327. The van der Waals surface area contributed by atoms with E-state index in [0.29, 0.717) is 11.3 Å². The van der Waals surface area contributed by atoms with Crippen molar-refractivity contribution in [3.63, 3.8) is 0 Å². The van der Waals surface area contributed by atoms with E-state index >= 15 is 0 Å². The lowest BCUT2D eigenvalue weighted by Gasteiger charge is -2.26. The van der Waals surface area contributed by atoms with E-state index in [2.05, 4.69) is 33.5 Å². The maximum absolute atomic E-state index is 6.01. The fourth-order valence-electron chi connectivity index (χ4n) is 2.40. The van der Waals surface area contributed by atoms with Crippen LogP contribution in [0.15, 0.2) is 0 Å². The summed E-state index contributed by atoms with van der Waals surface area (Å²) in [5.41, 5.74) is 0. The Morgan fingerprint density at radius 1 is 1.15 bits per heavy atom. The minimum Gasteiger partial charge on any atom is -0.370 e. The Labute approximate surface area is 83.9 Å². The van der Waals surface area contributed by atoms with Crippen molar-refractivity contribution in [1.82, 2.24) is 0 Å². The predicted octanol–water partition coefficient (Wildman–Crippen LogP) is 3.60. The van der Waals surface area contributed by atoms with Crippen molar-refractivity contribution < 1.29 is 4.74 Å². The minimum absolute atomic E-state index is 0.345. The SMILES string of the molecule is CCC[C@H]1O[C@@]1(CCC)[Si](C)(C)C. The van der Waals surface area contributed by atoms with Gasteiger partial charge in [0.1, 0.15) is 0 Å². The summed E-state index contributed by atoms with van der Waals surface area (Å²) in [6, 6.07) is 0. The van der Waals surface area contributed by atoms with Crippen LogP contribution in [-0.4, -0.2) is 19.4 Å². The van der Waals surface area contributed by atoms with E-state index in [1.807, 2.05) is 0 Å². The minimum atomic E-state index is -1.12. The van der Waals surface area contributed by atoms with Crippen LogP contribution in [0.1, 0.15) is 39.5 Å². The molecule has 1 aliphatic rings. The molecule has 0 amide bonds. The molecule has 0 spiro atoms. The van der Waals surface area contributed by atoms with Gasteiger partial charge in [0.25, 0.3) is 0 Å². The van der Waals surface area contributed by atoms with Gasteiger partial charge in [-0.3, -0.25) is 0 Å². The standard InChI is InChI=1S/C11H24OSi/c1-6-8-10-11(12-10,9-7-2)13(3,4)5/h10H,6-9H2,1-5H3/t10-,11+/m1/s1. The van der Waals surface area contributed by atoms with Crippen molar-refractivity contribution in [3.05, 3.63) is 0 Å². The highest BCUT2D eigenvalue weighted by molar-refractivity contribution is 6.79. The fourth-order valence-corrected chi connectivity index (χ4v) is 5.01. The van der Waals surface area contributed by atoms with E-state index < -0.39 is 8.07 Å². The second kappa shape index (κ2) is 3.74. The Hall–Kier alpha value is 0.177. The van der Waals surface area contributed by atoms with Gasteiger partial charge in [0.05, 0.1) is 19.4 Å². The Kier molecular flexibility index (Phi) is 3.23. The van der Waals surface area contributed by atoms with E-state index in [0.717, 1.165) is 0 Å². The highest BCUT2D eigenvalue weighted by Crippen LogP contribution is 2.49. The zero-order chi connectivity index (χ0) is 10.1. The molecule has 0 bridgehead atoms. The number of ether oxygens (including phenoxy) is 1. The zero-order valence-electron chi connectivity index (χ0n) is 9.81. The molecule has 0 aromatic carbocycles. The van der Waals surface area contributed by atoms with E-state index in [1.54, 1.807) is 0 Å². The van der Waals surface area contributed by atoms with Crippen LogP contribution in [-0.2, 0) is 4.74 Å². The lowest BCUT2D eigenvalue weighted by atomic mass is 10.1. The van der Waals surface area contributed by atoms with Gasteiger partial charge >= 0.3 is 0 Å². The van der Waals surface area contributed by atoms with Gasteiger partial charge in [-0.2, -0.15) is 0 Å². The van der Waals surface area contributed by atoms with Crippen LogP contribution in [0, 0.1) is 0 Å². The van der Waals surface area contributed by atoms with Crippen LogP contribution in [0.25, 0.3) is 0 Å². The van der Waals surface area contributed by atoms with Gasteiger partial charge in [0, 0.05) is 0 Å². The van der Waals surface area contributed by atoms with Gasteiger partial charge in [-0.25, -0.2) is 0 Å². The Morgan fingerprint density at radius 3 is 2.15 bits per heavy atom. The van der Waals surface area contributed by atoms with E-state index in [4.69, 9.17) is 4.74 Å². The number of epoxide rings is 1. The molecular weight excluding hydrogens is 176 g/mol. The molecule has 1 nitrogen and oxygen atoms in total. The van der Waals surface area contributed by atoms with Gasteiger partial charge in [-0.1, -0.05) is 46.3 Å². The van der Waals surface area contributed by atoms with Crippen LogP contribution in [0.5, 0.6) is 0 Å². The second-order valence-corrected chi connectivity index (χ2v) is 10.6. The highest BCUT2D eigenvalue weighted by atomic mass is 28.3. The zero-order valence-corrected chi connectivity index (χ0v) is 10.8. The first-order chi connectivity index (χ1) is 5.98. The molecular formula is C11H24OSi. The van der Waals surface area contributed by atoms with Crippen molar-refractivity contribution in [3.8, 4) is 0 Å². The van der Waals surface area contributed by atoms with E-state index in [1.165, 1.54) is 25.7 Å². The largest absolute Gasteiger partial charge is 0.370 e. The van der Waals surface area contributed by atoms with Gasteiger partial charge in [-0.05, 0) is 12.8 Å². The third kappa shape index (κ3) is 1.99. The van der Waals surface area contributed by atoms with Crippen LogP contribution in [0.2, 0.25) is 19.6 Å². The highest BCUT2D eigenvalue weighted by Gasteiger charge is 2.62. The predicted molar refractivity (Wildman–Crippen MR) is 60.8 cm³/mol. The van der Waals surface area contributed by atoms with Crippen LogP contribution >= 0.6 is 0 Å². The third-order valence-electron chi connectivity index (χ3n) is 3.26. The molecule has 13 heavy (non-hydrogen) atoms. The van der Waals surface area contributed by atoms with Crippen molar-refractivity contribution in [2.45, 2.75) is 70.5 Å². The molecule has 0 N–H and O–H groups in total. The maximum atomic E-state index is 6.01. The summed E-state index contributed by atoms with van der Waals surface area (Å²) in [4.78, 5) is 0. The van der Waals surface area contributed by atoms with Gasteiger partial charge in [-0.15, -0.1) is 0 Å².